The van der Waals surface area contributed by atoms with Gasteiger partial charge in [0.25, 0.3) is 0 Å². The van der Waals surface area contributed by atoms with Gasteiger partial charge < -0.3 is 0 Å². The van der Waals surface area contributed by atoms with E-state index in [1.165, 1.54) is 30.6 Å². The van der Waals surface area contributed by atoms with Crippen LogP contribution < -0.4 is 4.72 Å². The average molecular weight is 360 g/mol. The Labute approximate surface area is 145 Å². The first-order valence-electron chi connectivity index (χ1n) is 7.62. The van der Waals surface area contributed by atoms with Gasteiger partial charge in [-0.25, -0.2) is 27.2 Å². The predicted molar refractivity (Wildman–Crippen MR) is 91.9 cm³/mol. The summed E-state index contributed by atoms with van der Waals surface area (Å²) in [6.07, 6.45) is 3.03. The van der Waals surface area contributed by atoms with E-state index in [9.17, 15) is 12.8 Å². The highest BCUT2D eigenvalue weighted by atomic mass is 32.2. The minimum atomic E-state index is -3.55. The number of benzene rings is 2. The van der Waals surface area contributed by atoms with Crippen molar-refractivity contribution in [3.05, 3.63) is 78.1 Å². The molecule has 0 radical (unpaired) electrons. The first-order valence-corrected chi connectivity index (χ1v) is 9.27. The average Bonchev–Trinajstić information content (AvgIpc) is 3.11. The van der Waals surface area contributed by atoms with Gasteiger partial charge in [0.1, 0.15) is 18.5 Å². The second-order valence-electron chi connectivity index (χ2n) is 5.66. The number of sulfonamides is 1. The highest BCUT2D eigenvalue weighted by molar-refractivity contribution is 7.88. The third-order valence-corrected chi connectivity index (χ3v) is 5.13. The molecule has 0 spiro atoms. The molecule has 3 rings (SSSR count). The summed E-state index contributed by atoms with van der Waals surface area (Å²) in [7, 11) is -3.55. The number of rotatable bonds is 6. The van der Waals surface area contributed by atoms with Gasteiger partial charge in [-0.2, -0.15) is 5.10 Å². The largest absolute Gasteiger partial charge is 0.223 e. The lowest BCUT2D eigenvalue weighted by Gasteiger charge is -2.15. The van der Waals surface area contributed by atoms with Crippen molar-refractivity contribution >= 4 is 10.0 Å². The molecule has 0 amide bonds. The highest BCUT2D eigenvalue weighted by Crippen LogP contribution is 2.17. The van der Waals surface area contributed by atoms with Crippen molar-refractivity contribution in [2.45, 2.75) is 18.7 Å². The molecule has 0 fully saturated rings. The zero-order chi connectivity index (χ0) is 17.9. The fourth-order valence-electron chi connectivity index (χ4n) is 2.44. The van der Waals surface area contributed by atoms with Crippen LogP contribution in [0.3, 0.4) is 0 Å². The second-order valence-corrected chi connectivity index (χ2v) is 7.41. The van der Waals surface area contributed by atoms with Crippen LogP contribution in [0.5, 0.6) is 0 Å². The van der Waals surface area contributed by atoms with E-state index in [-0.39, 0.29) is 5.75 Å². The molecule has 0 aliphatic heterocycles. The maximum atomic E-state index is 12.9. The lowest BCUT2D eigenvalue weighted by Crippen LogP contribution is -2.28. The molecule has 1 aromatic heterocycles. The number of aromatic nitrogens is 3. The van der Waals surface area contributed by atoms with Crippen LogP contribution >= 0.6 is 0 Å². The van der Waals surface area contributed by atoms with Crippen molar-refractivity contribution in [3.8, 4) is 5.69 Å². The van der Waals surface area contributed by atoms with E-state index < -0.39 is 21.9 Å². The molecule has 0 saturated heterocycles. The first kappa shape index (κ1) is 17.2. The SMILES string of the molecule is C[C@@H](NS(=O)(=O)Cc1ccc(F)cc1)c1ccc(-n2cncn2)cc1. The summed E-state index contributed by atoms with van der Waals surface area (Å²) in [4.78, 5) is 3.89. The molecule has 0 aliphatic rings. The van der Waals surface area contributed by atoms with Crippen molar-refractivity contribution in [3.63, 3.8) is 0 Å². The second kappa shape index (κ2) is 7.12. The molecule has 6 nitrogen and oxygen atoms in total. The van der Waals surface area contributed by atoms with Crippen LogP contribution in [0.25, 0.3) is 5.69 Å². The summed E-state index contributed by atoms with van der Waals surface area (Å²) >= 11 is 0. The Kier molecular flexibility index (Phi) is 4.91. The van der Waals surface area contributed by atoms with Crippen LogP contribution in [0.2, 0.25) is 0 Å². The molecule has 1 heterocycles. The molecule has 25 heavy (non-hydrogen) atoms. The molecule has 3 aromatic rings. The minimum Gasteiger partial charge on any atom is -0.223 e. The van der Waals surface area contributed by atoms with E-state index in [4.69, 9.17) is 0 Å². The zero-order valence-electron chi connectivity index (χ0n) is 13.5. The van der Waals surface area contributed by atoms with Crippen LogP contribution in [-0.4, -0.2) is 23.2 Å². The molecule has 8 heteroatoms. The zero-order valence-corrected chi connectivity index (χ0v) is 14.3. The van der Waals surface area contributed by atoms with Gasteiger partial charge in [-0.05, 0) is 42.3 Å². The quantitative estimate of drug-likeness (QED) is 0.733. The Morgan fingerprint density at radius 2 is 1.80 bits per heavy atom. The lowest BCUT2D eigenvalue weighted by atomic mass is 10.1. The van der Waals surface area contributed by atoms with Gasteiger partial charge in [0.2, 0.25) is 10.0 Å². The molecular formula is C17H17FN4O2S. The molecule has 0 aliphatic carbocycles. The number of halogens is 1. The van der Waals surface area contributed by atoms with E-state index in [1.807, 2.05) is 24.3 Å². The maximum absolute atomic E-state index is 12.9. The van der Waals surface area contributed by atoms with Gasteiger partial charge in [0.05, 0.1) is 11.4 Å². The normalized spacial score (nSPS) is 12.9. The van der Waals surface area contributed by atoms with Crippen molar-refractivity contribution in [1.82, 2.24) is 19.5 Å². The summed E-state index contributed by atoms with van der Waals surface area (Å²) < 4.78 is 41.8. The van der Waals surface area contributed by atoms with Crippen molar-refractivity contribution in [2.75, 3.05) is 0 Å². The van der Waals surface area contributed by atoms with Crippen LogP contribution in [0, 0.1) is 5.82 Å². The Balaban J connectivity index is 1.68. The third-order valence-electron chi connectivity index (χ3n) is 3.70. The first-order chi connectivity index (χ1) is 11.9. The molecule has 0 saturated carbocycles. The third kappa shape index (κ3) is 4.49. The minimum absolute atomic E-state index is 0.200. The molecule has 1 atom stereocenters. The number of hydrogen-bond donors (Lipinski definition) is 1. The Morgan fingerprint density at radius 3 is 2.40 bits per heavy atom. The summed E-state index contributed by atoms with van der Waals surface area (Å²) in [5.74, 6) is -0.593. The number of nitrogens with zero attached hydrogens (tertiary/aromatic N) is 3. The molecular weight excluding hydrogens is 343 g/mol. The van der Waals surface area contributed by atoms with Crippen LogP contribution in [0.1, 0.15) is 24.1 Å². The smallest absolute Gasteiger partial charge is 0.216 e. The van der Waals surface area contributed by atoms with Gasteiger partial charge in [0.15, 0.2) is 0 Å². The van der Waals surface area contributed by atoms with Gasteiger partial charge in [0, 0.05) is 6.04 Å². The van der Waals surface area contributed by atoms with Crippen molar-refractivity contribution in [2.24, 2.45) is 0 Å². The molecule has 0 bridgehead atoms. The van der Waals surface area contributed by atoms with E-state index in [0.717, 1.165) is 11.3 Å². The van der Waals surface area contributed by atoms with E-state index in [2.05, 4.69) is 14.8 Å². The van der Waals surface area contributed by atoms with Crippen molar-refractivity contribution in [1.29, 1.82) is 0 Å². The monoisotopic (exact) mass is 360 g/mol. The molecule has 0 unspecified atom stereocenters. The predicted octanol–water partition coefficient (Wildman–Crippen LogP) is 2.59. The van der Waals surface area contributed by atoms with Gasteiger partial charge in [-0.3, -0.25) is 0 Å². The lowest BCUT2D eigenvalue weighted by molar-refractivity contribution is 0.566. The van der Waals surface area contributed by atoms with Crippen LogP contribution in [0.4, 0.5) is 4.39 Å². The number of hydrogen-bond acceptors (Lipinski definition) is 4. The van der Waals surface area contributed by atoms with Crippen LogP contribution in [-0.2, 0) is 15.8 Å². The highest BCUT2D eigenvalue weighted by Gasteiger charge is 2.16. The Morgan fingerprint density at radius 1 is 1.12 bits per heavy atom. The standard InChI is InChI=1S/C17H17FN4O2S/c1-13(15-4-8-17(9-5-15)22-12-19-11-20-22)21-25(23,24)10-14-2-6-16(18)7-3-14/h2-9,11-13,21H,10H2,1H3/t13-/m1/s1. The summed E-state index contributed by atoms with van der Waals surface area (Å²) in [5.41, 5.74) is 2.19. The van der Waals surface area contributed by atoms with Gasteiger partial charge in [-0.15, -0.1) is 0 Å². The topological polar surface area (TPSA) is 76.9 Å². The summed E-state index contributed by atoms with van der Waals surface area (Å²) in [6.45, 7) is 1.77. The van der Waals surface area contributed by atoms with E-state index in [0.29, 0.717) is 5.56 Å². The molecule has 1 N–H and O–H groups in total. The number of nitrogens with one attached hydrogen (secondary N) is 1. The van der Waals surface area contributed by atoms with Gasteiger partial charge in [-0.1, -0.05) is 24.3 Å². The fourth-order valence-corrected chi connectivity index (χ4v) is 3.83. The molecule has 2 aromatic carbocycles. The molecule has 130 valence electrons. The van der Waals surface area contributed by atoms with E-state index >= 15 is 0 Å². The Bertz CT molecular complexity index is 924. The maximum Gasteiger partial charge on any atom is 0.216 e. The fraction of sp³-hybridized carbons (Fsp3) is 0.176. The summed E-state index contributed by atoms with van der Waals surface area (Å²) in [6, 6.07) is 12.4. The Hall–Kier alpha value is -2.58. The summed E-state index contributed by atoms with van der Waals surface area (Å²) in [5, 5.41) is 4.04. The van der Waals surface area contributed by atoms with Crippen LogP contribution in [0.15, 0.2) is 61.2 Å². The van der Waals surface area contributed by atoms with E-state index in [1.54, 1.807) is 17.9 Å². The van der Waals surface area contributed by atoms with Crippen molar-refractivity contribution < 1.29 is 12.8 Å². The van der Waals surface area contributed by atoms with Gasteiger partial charge >= 0.3 is 0 Å².